The summed E-state index contributed by atoms with van der Waals surface area (Å²) >= 11 is 0. The van der Waals surface area contributed by atoms with Crippen molar-refractivity contribution in [2.45, 2.75) is 20.0 Å². The molecule has 0 fully saturated rings. The zero-order valence-corrected chi connectivity index (χ0v) is 7.31. The monoisotopic (exact) mass is 169 g/mol. The van der Waals surface area contributed by atoms with E-state index < -0.39 is 5.97 Å². The number of nitrogens with zero attached hydrogens (tertiary/aromatic N) is 3. The van der Waals surface area contributed by atoms with Crippen LogP contribution in [-0.4, -0.2) is 27.1 Å². The highest BCUT2D eigenvalue weighted by atomic mass is 16.5. The zero-order valence-electron chi connectivity index (χ0n) is 7.31. The lowest BCUT2D eigenvalue weighted by molar-refractivity contribution is 0.0370. The number of aromatic nitrogens is 3. The van der Waals surface area contributed by atoms with Gasteiger partial charge in [-0.1, -0.05) is 5.21 Å². The van der Waals surface area contributed by atoms with Crippen LogP contribution in [0, 0.1) is 0 Å². The maximum atomic E-state index is 11.1. The first kappa shape index (κ1) is 8.70. The Morgan fingerprint density at radius 3 is 2.75 bits per heavy atom. The molecule has 0 saturated heterocycles. The highest BCUT2D eigenvalue weighted by molar-refractivity contribution is 5.86. The molecule has 5 nitrogen and oxygen atoms in total. The first-order valence-electron chi connectivity index (χ1n) is 3.67. The molecule has 66 valence electrons. The molecule has 1 aromatic rings. The SMILES string of the molecule is CC(C)OC(=O)c1cn(C)nn1. The van der Waals surface area contributed by atoms with E-state index in [4.69, 9.17) is 4.74 Å². The average Bonchev–Trinajstić information content (AvgIpc) is 2.34. The molecule has 0 saturated carbocycles. The molecule has 0 amide bonds. The third kappa shape index (κ3) is 2.05. The van der Waals surface area contributed by atoms with E-state index in [1.165, 1.54) is 10.9 Å². The van der Waals surface area contributed by atoms with E-state index in [-0.39, 0.29) is 11.8 Å². The number of hydrogen-bond acceptors (Lipinski definition) is 4. The van der Waals surface area contributed by atoms with Crippen LogP contribution in [0.3, 0.4) is 0 Å². The van der Waals surface area contributed by atoms with Gasteiger partial charge >= 0.3 is 5.97 Å². The number of carbonyl (C=O) groups is 1. The summed E-state index contributed by atoms with van der Waals surface area (Å²) in [5.74, 6) is -0.432. The normalized spacial score (nSPS) is 10.3. The molecular formula is C7H11N3O2. The van der Waals surface area contributed by atoms with E-state index in [2.05, 4.69) is 10.3 Å². The summed E-state index contributed by atoms with van der Waals surface area (Å²) in [6, 6.07) is 0. The topological polar surface area (TPSA) is 57.0 Å². The van der Waals surface area contributed by atoms with Crippen LogP contribution in [0.25, 0.3) is 0 Å². The third-order valence-electron chi connectivity index (χ3n) is 1.15. The molecule has 0 atom stereocenters. The smallest absolute Gasteiger partial charge is 0.360 e. The van der Waals surface area contributed by atoms with Crippen LogP contribution in [0.15, 0.2) is 6.20 Å². The Bertz CT molecular complexity index is 280. The number of rotatable bonds is 2. The van der Waals surface area contributed by atoms with Gasteiger partial charge in [0, 0.05) is 7.05 Å². The molecule has 5 heteroatoms. The lowest BCUT2D eigenvalue weighted by Crippen LogP contribution is -2.11. The number of carbonyl (C=O) groups excluding carboxylic acids is 1. The van der Waals surface area contributed by atoms with Gasteiger partial charge in [0.25, 0.3) is 0 Å². The maximum absolute atomic E-state index is 11.1. The average molecular weight is 169 g/mol. The maximum Gasteiger partial charge on any atom is 0.360 e. The summed E-state index contributed by atoms with van der Waals surface area (Å²) in [5, 5.41) is 7.22. The van der Waals surface area contributed by atoms with Crippen LogP contribution in [0.2, 0.25) is 0 Å². The van der Waals surface area contributed by atoms with Crippen LogP contribution in [0.5, 0.6) is 0 Å². The molecule has 0 spiro atoms. The molecule has 1 rings (SSSR count). The first-order chi connectivity index (χ1) is 5.59. The van der Waals surface area contributed by atoms with Gasteiger partial charge in [0.1, 0.15) is 0 Å². The van der Waals surface area contributed by atoms with Crippen molar-refractivity contribution in [3.8, 4) is 0 Å². The Labute approximate surface area is 70.3 Å². The molecule has 12 heavy (non-hydrogen) atoms. The van der Waals surface area contributed by atoms with Crippen molar-refractivity contribution in [2.24, 2.45) is 7.05 Å². The molecule has 0 aliphatic carbocycles. The van der Waals surface area contributed by atoms with Gasteiger partial charge < -0.3 is 4.74 Å². The van der Waals surface area contributed by atoms with Crippen LogP contribution in [0.1, 0.15) is 24.3 Å². The van der Waals surface area contributed by atoms with Gasteiger partial charge in [-0.3, -0.25) is 4.68 Å². The van der Waals surface area contributed by atoms with Crippen LogP contribution < -0.4 is 0 Å². The summed E-state index contributed by atoms with van der Waals surface area (Å²) in [6.07, 6.45) is 1.39. The van der Waals surface area contributed by atoms with Crippen LogP contribution >= 0.6 is 0 Å². The zero-order chi connectivity index (χ0) is 9.14. The fraction of sp³-hybridized carbons (Fsp3) is 0.571. The summed E-state index contributed by atoms with van der Waals surface area (Å²) in [5.41, 5.74) is 0.242. The van der Waals surface area contributed by atoms with Crippen molar-refractivity contribution >= 4 is 5.97 Å². The van der Waals surface area contributed by atoms with Gasteiger partial charge in [-0.25, -0.2) is 4.79 Å². The van der Waals surface area contributed by atoms with E-state index in [1.807, 2.05) is 0 Å². The lowest BCUT2D eigenvalue weighted by atomic mass is 10.4. The predicted octanol–water partition coefficient (Wildman–Crippen LogP) is 0.380. The summed E-state index contributed by atoms with van der Waals surface area (Å²) in [7, 11) is 1.69. The second-order valence-electron chi connectivity index (χ2n) is 2.73. The molecule has 0 aromatic carbocycles. The molecule has 0 radical (unpaired) electrons. The van der Waals surface area contributed by atoms with E-state index in [1.54, 1.807) is 20.9 Å². The summed E-state index contributed by atoms with van der Waals surface area (Å²) in [6.45, 7) is 3.57. The van der Waals surface area contributed by atoms with Gasteiger partial charge in [-0.2, -0.15) is 0 Å². The highest BCUT2D eigenvalue weighted by Gasteiger charge is 2.12. The lowest BCUT2D eigenvalue weighted by Gasteiger charge is -2.04. The minimum absolute atomic E-state index is 0.125. The number of hydrogen-bond donors (Lipinski definition) is 0. The molecule has 1 aromatic heterocycles. The summed E-state index contributed by atoms with van der Waals surface area (Å²) < 4.78 is 6.35. The van der Waals surface area contributed by atoms with Gasteiger partial charge in [0.15, 0.2) is 5.69 Å². The number of aryl methyl sites for hydroxylation is 1. The van der Waals surface area contributed by atoms with Crippen LogP contribution in [-0.2, 0) is 11.8 Å². The van der Waals surface area contributed by atoms with E-state index in [0.29, 0.717) is 0 Å². The molecule has 0 aliphatic rings. The predicted molar refractivity (Wildman–Crippen MR) is 41.6 cm³/mol. The first-order valence-corrected chi connectivity index (χ1v) is 3.67. The Morgan fingerprint density at radius 2 is 2.33 bits per heavy atom. The Kier molecular flexibility index (Phi) is 2.42. The van der Waals surface area contributed by atoms with Gasteiger partial charge in [0.05, 0.1) is 12.3 Å². The molecule has 0 unspecified atom stereocenters. The summed E-state index contributed by atoms with van der Waals surface area (Å²) in [4.78, 5) is 11.1. The van der Waals surface area contributed by atoms with E-state index >= 15 is 0 Å². The fourth-order valence-corrected chi connectivity index (χ4v) is 0.715. The van der Waals surface area contributed by atoms with Crippen molar-refractivity contribution in [3.63, 3.8) is 0 Å². The second-order valence-corrected chi connectivity index (χ2v) is 2.73. The highest BCUT2D eigenvalue weighted by Crippen LogP contribution is 1.98. The molecular weight excluding hydrogens is 158 g/mol. The van der Waals surface area contributed by atoms with Crippen molar-refractivity contribution < 1.29 is 9.53 Å². The van der Waals surface area contributed by atoms with Crippen molar-refractivity contribution in [1.82, 2.24) is 15.0 Å². The van der Waals surface area contributed by atoms with Crippen molar-refractivity contribution in [3.05, 3.63) is 11.9 Å². The number of ether oxygens (including phenoxy) is 1. The number of esters is 1. The second kappa shape index (κ2) is 3.34. The Hall–Kier alpha value is -1.39. The Balaban J connectivity index is 2.65. The quantitative estimate of drug-likeness (QED) is 0.600. The minimum Gasteiger partial charge on any atom is -0.458 e. The van der Waals surface area contributed by atoms with Gasteiger partial charge in [-0.15, -0.1) is 5.10 Å². The third-order valence-corrected chi connectivity index (χ3v) is 1.15. The van der Waals surface area contributed by atoms with Gasteiger partial charge in [-0.05, 0) is 13.8 Å². The molecule has 0 aliphatic heterocycles. The molecule has 1 heterocycles. The molecule has 0 N–H and O–H groups in total. The van der Waals surface area contributed by atoms with Crippen molar-refractivity contribution in [1.29, 1.82) is 0 Å². The van der Waals surface area contributed by atoms with Crippen molar-refractivity contribution in [2.75, 3.05) is 0 Å². The van der Waals surface area contributed by atoms with Crippen LogP contribution in [0.4, 0.5) is 0 Å². The van der Waals surface area contributed by atoms with Gasteiger partial charge in [0.2, 0.25) is 0 Å². The van der Waals surface area contributed by atoms with E-state index in [0.717, 1.165) is 0 Å². The van der Waals surface area contributed by atoms with E-state index in [9.17, 15) is 4.79 Å². The standard InChI is InChI=1S/C7H11N3O2/c1-5(2)12-7(11)6-4-10(3)9-8-6/h4-5H,1-3H3. The Morgan fingerprint density at radius 1 is 1.67 bits per heavy atom. The fourth-order valence-electron chi connectivity index (χ4n) is 0.715. The molecule has 0 bridgehead atoms. The minimum atomic E-state index is -0.432. The largest absolute Gasteiger partial charge is 0.458 e.